The van der Waals surface area contributed by atoms with E-state index in [1.807, 2.05) is 27.7 Å². The van der Waals surface area contributed by atoms with Gasteiger partial charge in [-0.3, -0.25) is 14.4 Å². The third-order valence-corrected chi connectivity index (χ3v) is 7.72. The van der Waals surface area contributed by atoms with Crippen LogP contribution < -0.4 is 0 Å². The first-order valence-corrected chi connectivity index (χ1v) is 12.6. The summed E-state index contributed by atoms with van der Waals surface area (Å²) in [4.78, 5) is 46.8. The first-order chi connectivity index (χ1) is 16.1. The number of likely N-dealkylation sites (tertiary alicyclic amines) is 1. The number of aliphatic hydroxyl groups excluding tert-OH is 1. The van der Waals surface area contributed by atoms with Gasteiger partial charge in [-0.15, -0.1) is 13.2 Å². The molecule has 3 saturated heterocycles. The molecule has 1 N–H and O–H groups in total. The summed E-state index contributed by atoms with van der Waals surface area (Å²) in [5, 5.41) is 9.48. The normalized spacial score (nSPS) is 31.6. The molecule has 1 spiro atoms. The maximum atomic E-state index is 14.0. The van der Waals surface area contributed by atoms with Gasteiger partial charge in [0.25, 0.3) is 0 Å². The van der Waals surface area contributed by atoms with Gasteiger partial charge in [-0.05, 0) is 46.5 Å². The first kappa shape index (κ1) is 26.4. The Kier molecular flexibility index (Phi) is 7.92. The average molecular weight is 476 g/mol. The molecule has 0 aromatic heterocycles. The highest BCUT2D eigenvalue weighted by molar-refractivity contribution is 5.99. The lowest BCUT2D eigenvalue weighted by Gasteiger charge is -2.38. The van der Waals surface area contributed by atoms with Crippen LogP contribution in [0.4, 0.5) is 0 Å². The zero-order chi connectivity index (χ0) is 25.3. The van der Waals surface area contributed by atoms with Crippen LogP contribution in [0.5, 0.6) is 0 Å². The minimum atomic E-state index is -1.04. The van der Waals surface area contributed by atoms with E-state index in [0.29, 0.717) is 38.9 Å². The second kappa shape index (κ2) is 10.2. The molecule has 0 aromatic rings. The predicted molar refractivity (Wildman–Crippen MR) is 130 cm³/mol. The molecule has 3 rings (SSSR count). The number of ether oxygens (including phenoxy) is 1. The van der Waals surface area contributed by atoms with Crippen LogP contribution in [0, 0.1) is 11.8 Å². The Hall–Kier alpha value is -2.19. The summed E-state index contributed by atoms with van der Waals surface area (Å²) in [6, 6.07) is -0.910. The number of rotatable bonds is 12. The zero-order valence-electron chi connectivity index (χ0n) is 21.2. The van der Waals surface area contributed by atoms with Gasteiger partial charge in [0.1, 0.15) is 11.6 Å². The van der Waals surface area contributed by atoms with Gasteiger partial charge in [0.05, 0.1) is 17.4 Å². The summed E-state index contributed by atoms with van der Waals surface area (Å²) in [5.41, 5.74) is -1.84. The van der Waals surface area contributed by atoms with Crippen LogP contribution in [0.15, 0.2) is 25.3 Å². The smallest absolute Gasteiger partial charge is 0.248 e. The molecule has 5 atom stereocenters. The lowest BCUT2D eigenvalue weighted by Crippen LogP contribution is -2.57. The molecule has 190 valence electrons. The maximum absolute atomic E-state index is 14.0. The molecule has 3 aliphatic rings. The van der Waals surface area contributed by atoms with Crippen LogP contribution in [0.25, 0.3) is 0 Å². The van der Waals surface area contributed by atoms with Gasteiger partial charge in [-0.1, -0.05) is 19.1 Å². The summed E-state index contributed by atoms with van der Waals surface area (Å²) in [5.74, 6) is -1.87. The standard InChI is InChI=1S/C26H41N3O5/c1-7-13-27(14-8-2)22(31)19-20-23(32)29(16-10-17-30)21(24(33)28(15-9-3)18(4)5)26(20)12-11-25(19,6)34-26/h7,9,18-21,30H,1,3,8,10-17H2,2,4-6H3/t19-,20-,21?,25+,26?/m0/s1. The highest BCUT2D eigenvalue weighted by Crippen LogP contribution is 2.63. The van der Waals surface area contributed by atoms with Crippen molar-refractivity contribution in [2.75, 3.05) is 32.8 Å². The van der Waals surface area contributed by atoms with Gasteiger partial charge in [0.15, 0.2) is 0 Å². The second-order valence-electron chi connectivity index (χ2n) is 10.3. The van der Waals surface area contributed by atoms with E-state index in [1.54, 1.807) is 26.9 Å². The SMILES string of the molecule is C=CCN(CCC)C(=O)[C@@H]1[C@H]2C(=O)N(CCCO)C(C(=O)N(CC=C)C(C)C)C23CC[C@@]1(C)O3. The summed E-state index contributed by atoms with van der Waals surface area (Å²) < 4.78 is 6.66. The van der Waals surface area contributed by atoms with E-state index in [-0.39, 0.29) is 36.9 Å². The van der Waals surface area contributed by atoms with Crippen molar-refractivity contribution in [3.63, 3.8) is 0 Å². The zero-order valence-corrected chi connectivity index (χ0v) is 21.2. The van der Waals surface area contributed by atoms with E-state index in [2.05, 4.69) is 13.2 Å². The fourth-order valence-corrected chi connectivity index (χ4v) is 6.33. The molecule has 2 bridgehead atoms. The Morgan fingerprint density at radius 1 is 1.24 bits per heavy atom. The lowest BCUT2D eigenvalue weighted by atomic mass is 9.66. The van der Waals surface area contributed by atoms with E-state index in [1.165, 1.54) is 0 Å². The van der Waals surface area contributed by atoms with Gasteiger partial charge >= 0.3 is 0 Å². The Morgan fingerprint density at radius 2 is 1.91 bits per heavy atom. The molecule has 2 unspecified atom stereocenters. The van der Waals surface area contributed by atoms with Crippen molar-refractivity contribution < 1.29 is 24.2 Å². The maximum Gasteiger partial charge on any atom is 0.248 e. The quantitative estimate of drug-likeness (QED) is 0.436. The van der Waals surface area contributed by atoms with Gasteiger partial charge in [0.2, 0.25) is 17.7 Å². The van der Waals surface area contributed by atoms with E-state index in [9.17, 15) is 19.5 Å². The number of amides is 3. The van der Waals surface area contributed by atoms with Crippen LogP contribution in [-0.4, -0.2) is 93.6 Å². The molecule has 0 aromatic carbocycles. The molecule has 0 saturated carbocycles. The second-order valence-corrected chi connectivity index (χ2v) is 10.3. The van der Waals surface area contributed by atoms with Crippen LogP contribution in [0.1, 0.15) is 53.4 Å². The number of fused-ring (bicyclic) bond motifs is 1. The van der Waals surface area contributed by atoms with Crippen molar-refractivity contribution in [1.29, 1.82) is 0 Å². The molecule has 34 heavy (non-hydrogen) atoms. The topological polar surface area (TPSA) is 90.4 Å². The Labute approximate surface area is 203 Å². The molecular formula is C26H41N3O5. The molecule has 3 aliphatic heterocycles. The average Bonchev–Trinajstić information content (AvgIpc) is 3.35. The Bertz CT molecular complexity index is 829. The minimum Gasteiger partial charge on any atom is -0.396 e. The number of hydrogen-bond donors (Lipinski definition) is 1. The van der Waals surface area contributed by atoms with Crippen LogP contribution in [0.3, 0.4) is 0 Å². The summed E-state index contributed by atoms with van der Waals surface area (Å²) in [6.45, 7) is 16.9. The number of aliphatic hydroxyl groups is 1. The summed E-state index contributed by atoms with van der Waals surface area (Å²) in [7, 11) is 0. The van der Waals surface area contributed by atoms with E-state index in [4.69, 9.17) is 4.74 Å². The van der Waals surface area contributed by atoms with Crippen LogP contribution in [0.2, 0.25) is 0 Å². The van der Waals surface area contributed by atoms with Crippen molar-refractivity contribution in [3.05, 3.63) is 25.3 Å². The van der Waals surface area contributed by atoms with Crippen molar-refractivity contribution >= 4 is 17.7 Å². The first-order valence-electron chi connectivity index (χ1n) is 12.6. The highest BCUT2D eigenvalue weighted by Gasteiger charge is 2.78. The summed E-state index contributed by atoms with van der Waals surface area (Å²) >= 11 is 0. The van der Waals surface area contributed by atoms with Gasteiger partial charge in [-0.25, -0.2) is 0 Å². The third-order valence-electron chi connectivity index (χ3n) is 7.72. The van der Waals surface area contributed by atoms with Crippen molar-refractivity contribution in [2.45, 2.75) is 76.7 Å². The van der Waals surface area contributed by atoms with Crippen molar-refractivity contribution in [1.82, 2.24) is 14.7 Å². The predicted octanol–water partition coefficient (Wildman–Crippen LogP) is 1.98. The molecule has 8 heteroatoms. The van der Waals surface area contributed by atoms with E-state index >= 15 is 0 Å². The molecule has 0 aliphatic carbocycles. The number of nitrogens with zero attached hydrogens (tertiary/aromatic N) is 3. The van der Waals surface area contributed by atoms with Crippen molar-refractivity contribution in [2.24, 2.45) is 11.8 Å². The minimum absolute atomic E-state index is 0.0880. The number of carbonyl (C=O) groups excluding carboxylic acids is 3. The summed E-state index contributed by atoms with van der Waals surface area (Å²) in [6.07, 6.45) is 5.69. The molecular weight excluding hydrogens is 434 g/mol. The Balaban J connectivity index is 2.07. The van der Waals surface area contributed by atoms with Gasteiger partial charge in [0, 0.05) is 38.8 Å². The largest absolute Gasteiger partial charge is 0.396 e. The molecule has 0 radical (unpaired) electrons. The molecule has 3 amide bonds. The lowest BCUT2D eigenvalue weighted by molar-refractivity contribution is -0.154. The number of hydrogen-bond acceptors (Lipinski definition) is 5. The van der Waals surface area contributed by atoms with E-state index < -0.39 is 29.1 Å². The van der Waals surface area contributed by atoms with E-state index in [0.717, 1.165) is 6.42 Å². The molecule has 3 heterocycles. The Morgan fingerprint density at radius 3 is 2.47 bits per heavy atom. The van der Waals surface area contributed by atoms with Crippen molar-refractivity contribution in [3.8, 4) is 0 Å². The fourth-order valence-electron chi connectivity index (χ4n) is 6.33. The van der Waals surface area contributed by atoms with Gasteiger partial charge in [-0.2, -0.15) is 0 Å². The van der Waals surface area contributed by atoms with Crippen LogP contribution in [-0.2, 0) is 19.1 Å². The highest BCUT2D eigenvalue weighted by atomic mass is 16.5. The third kappa shape index (κ3) is 4.09. The van der Waals surface area contributed by atoms with Crippen LogP contribution >= 0.6 is 0 Å². The number of carbonyl (C=O) groups is 3. The fraction of sp³-hybridized carbons (Fsp3) is 0.731. The molecule has 8 nitrogen and oxygen atoms in total. The molecule has 3 fully saturated rings. The monoisotopic (exact) mass is 475 g/mol. The van der Waals surface area contributed by atoms with Gasteiger partial charge < -0.3 is 24.5 Å².